The standard InChI is InChI=1S/C19H37BrO2.C3H9N/c1-2-3-4-5-6-7-8-9-10-11-12-13-18-14-15-19(22-18)21-17-16-20;1-4(2)3/h18-19H,2-17H2,1H3;1-3H3. The highest BCUT2D eigenvalue weighted by atomic mass is 79.9. The lowest BCUT2D eigenvalue weighted by Gasteiger charge is -2.13. The normalized spacial score (nSPS) is 19.6. The summed E-state index contributed by atoms with van der Waals surface area (Å²) in [4.78, 5) is 2.00. The first-order chi connectivity index (χ1) is 12.6. The number of nitrogens with zero attached hydrogens (tertiary/aromatic N) is 1. The molecule has 1 aliphatic rings. The van der Waals surface area contributed by atoms with E-state index in [1.54, 1.807) is 0 Å². The fourth-order valence-electron chi connectivity index (χ4n) is 3.22. The van der Waals surface area contributed by atoms with Crippen LogP contribution in [0.4, 0.5) is 0 Å². The van der Waals surface area contributed by atoms with Gasteiger partial charge in [0, 0.05) is 11.8 Å². The van der Waals surface area contributed by atoms with Crippen molar-refractivity contribution in [3.63, 3.8) is 0 Å². The Morgan fingerprint density at radius 1 is 0.846 bits per heavy atom. The van der Waals surface area contributed by atoms with Gasteiger partial charge in [0.15, 0.2) is 6.29 Å². The van der Waals surface area contributed by atoms with E-state index >= 15 is 0 Å². The molecular formula is C22H46BrNO2. The van der Waals surface area contributed by atoms with E-state index in [0.29, 0.717) is 6.10 Å². The van der Waals surface area contributed by atoms with E-state index < -0.39 is 0 Å². The molecule has 1 fully saturated rings. The van der Waals surface area contributed by atoms with E-state index in [1.165, 1.54) is 83.5 Å². The van der Waals surface area contributed by atoms with Crippen molar-refractivity contribution in [1.82, 2.24) is 4.90 Å². The zero-order valence-corrected chi connectivity index (χ0v) is 19.7. The van der Waals surface area contributed by atoms with Crippen LogP contribution < -0.4 is 0 Å². The number of unbranched alkanes of at least 4 members (excludes halogenated alkanes) is 10. The molecule has 0 aromatic heterocycles. The molecule has 4 heteroatoms. The monoisotopic (exact) mass is 435 g/mol. The smallest absolute Gasteiger partial charge is 0.158 e. The van der Waals surface area contributed by atoms with Crippen molar-refractivity contribution < 1.29 is 9.47 Å². The average molecular weight is 437 g/mol. The van der Waals surface area contributed by atoms with E-state index in [4.69, 9.17) is 9.47 Å². The molecule has 0 saturated carbocycles. The maximum Gasteiger partial charge on any atom is 0.158 e. The molecule has 0 N–H and O–H groups in total. The lowest BCUT2D eigenvalue weighted by Crippen LogP contribution is -2.15. The zero-order valence-electron chi connectivity index (χ0n) is 18.1. The highest BCUT2D eigenvalue weighted by Gasteiger charge is 2.24. The summed E-state index contributed by atoms with van der Waals surface area (Å²) in [5.74, 6) is 0. The molecule has 0 amide bonds. The van der Waals surface area contributed by atoms with Crippen molar-refractivity contribution in [3.05, 3.63) is 0 Å². The molecule has 0 radical (unpaired) electrons. The number of alkyl halides is 1. The summed E-state index contributed by atoms with van der Waals surface area (Å²) in [5.41, 5.74) is 0. The van der Waals surface area contributed by atoms with Gasteiger partial charge in [-0.15, -0.1) is 0 Å². The highest BCUT2D eigenvalue weighted by Crippen LogP contribution is 2.25. The summed E-state index contributed by atoms with van der Waals surface area (Å²) < 4.78 is 11.5. The Balaban J connectivity index is 0.00000141. The Morgan fingerprint density at radius 3 is 1.85 bits per heavy atom. The summed E-state index contributed by atoms with van der Waals surface area (Å²) >= 11 is 3.38. The zero-order chi connectivity index (χ0) is 19.5. The highest BCUT2D eigenvalue weighted by molar-refractivity contribution is 9.09. The van der Waals surface area contributed by atoms with Gasteiger partial charge < -0.3 is 14.4 Å². The number of ether oxygens (including phenoxy) is 2. The van der Waals surface area contributed by atoms with Gasteiger partial charge in [-0.2, -0.15) is 0 Å². The minimum absolute atomic E-state index is 0.0651. The van der Waals surface area contributed by atoms with Gasteiger partial charge in [-0.05, 0) is 34.0 Å². The van der Waals surface area contributed by atoms with E-state index in [1.807, 2.05) is 26.0 Å². The topological polar surface area (TPSA) is 21.7 Å². The number of hydrogen-bond acceptors (Lipinski definition) is 3. The van der Waals surface area contributed by atoms with Crippen LogP contribution in [0.5, 0.6) is 0 Å². The number of hydrogen-bond donors (Lipinski definition) is 0. The van der Waals surface area contributed by atoms with Crippen LogP contribution in [0.2, 0.25) is 0 Å². The summed E-state index contributed by atoms with van der Waals surface area (Å²) in [7, 11) is 6.00. The minimum atomic E-state index is 0.0651. The second-order valence-electron chi connectivity index (χ2n) is 7.99. The molecule has 26 heavy (non-hydrogen) atoms. The van der Waals surface area contributed by atoms with Crippen LogP contribution in [0.1, 0.15) is 96.8 Å². The molecule has 0 aliphatic carbocycles. The third-order valence-corrected chi connectivity index (χ3v) is 4.90. The van der Waals surface area contributed by atoms with Gasteiger partial charge in [-0.1, -0.05) is 93.5 Å². The Bertz CT molecular complexity index is 274. The molecule has 158 valence electrons. The maximum atomic E-state index is 5.91. The van der Waals surface area contributed by atoms with Gasteiger partial charge in [0.2, 0.25) is 0 Å². The van der Waals surface area contributed by atoms with Crippen LogP contribution in [0.15, 0.2) is 0 Å². The van der Waals surface area contributed by atoms with Crippen LogP contribution >= 0.6 is 15.9 Å². The van der Waals surface area contributed by atoms with Crippen molar-refractivity contribution in [2.75, 3.05) is 33.1 Å². The minimum Gasteiger partial charge on any atom is -0.352 e. The first-order valence-electron chi connectivity index (χ1n) is 11.0. The van der Waals surface area contributed by atoms with Crippen LogP contribution in [-0.4, -0.2) is 50.4 Å². The van der Waals surface area contributed by atoms with Gasteiger partial charge in [0.25, 0.3) is 0 Å². The molecule has 1 rings (SSSR count). The van der Waals surface area contributed by atoms with E-state index in [-0.39, 0.29) is 6.29 Å². The Hall–Kier alpha value is 0.360. The molecule has 1 saturated heterocycles. The van der Waals surface area contributed by atoms with Crippen LogP contribution in [0, 0.1) is 0 Å². The first-order valence-corrected chi connectivity index (χ1v) is 12.2. The molecule has 1 heterocycles. The predicted octanol–water partition coefficient (Wildman–Crippen LogP) is 6.78. The molecule has 0 aromatic rings. The van der Waals surface area contributed by atoms with Crippen LogP contribution in [0.25, 0.3) is 0 Å². The Kier molecular flexibility index (Phi) is 20.4. The van der Waals surface area contributed by atoms with Gasteiger partial charge in [0.05, 0.1) is 12.7 Å². The van der Waals surface area contributed by atoms with Crippen LogP contribution in [-0.2, 0) is 9.47 Å². The summed E-state index contributed by atoms with van der Waals surface area (Å²) in [6, 6.07) is 0. The summed E-state index contributed by atoms with van der Waals surface area (Å²) in [6.07, 6.45) is 19.6. The second kappa shape index (κ2) is 20.1. The lowest BCUT2D eigenvalue weighted by molar-refractivity contribution is -0.130. The molecule has 0 aromatic carbocycles. The molecule has 0 spiro atoms. The Morgan fingerprint density at radius 2 is 1.35 bits per heavy atom. The van der Waals surface area contributed by atoms with E-state index in [9.17, 15) is 0 Å². The van der Waals surface area contributed by atoms with Gasteiger partial charge in [-0.25, -0.2) is 0 Å². The largest absolute Gasteiger partial charge is 0.352 e. The fraction of sp³-hybridized carbons (Fsp3) is 1.00. The van der Waals surface area contributed by atoms with Gasteiger partial charge in [0.1, 0.15) is 0 Å². The van der Waals surface area contributed by atoms with Gasteiger partial charge >= 0.3 is 0 Å². The first kappa shape index (κ1) is 26.4. The average Bonchev–Trinajstić information content (AvgIpc) is 3.05. The third kappa shape index (κ3) is 19.1. The molecule has 2 unspecified atom stereocenters. The molecular weight excluding hydrogens is 390 g/mol. The molecule has 2 atom stereocenters. The van der Waals surface area contributed by atoms with Crippen molar-refractivity contribution in [2.45, 2.75) is 109 Å². The van der Waals surface area contributed by atoms with Crippen molar-refractivity contribution in [2.24, 2.45) is 0 Å². The van der Waals surface area contributed by atoms with Crippen molar-refractivity contribution in [3.8, 4) is 0 Å². The van der Waals surface area contributed by atoms with Crippen LogP contribution in [0.3, 0.4) is 0 Å². The molecule has 0 bridgehead atoms. The van der Waals surface area contributed by atoms with Gasteiger partial charge in [-0.3, -0.25) is 0 Å². The second-order valence-corrected chi connectivity index (χ2v) is 8.78. The quantitative estimate of drug-likeness (QED) is 0.209. The molecule has 3 nitrogen and oxygen atoms in total. The summed E-state index contributed by atoms with van der Waals surface area (Å²) in [5, 5.41) is 0.899. The number of halogens is 1. The van der Waals surface area contributed by atoms with Crippen molar-refractivity contribution in [1.29, 1.82) is 0 Å². The Labute approximate surface area is 172 Å². The lowest BCUT2D eigenvalue weighted by atomic mass is 10.0. The van der Waals surface area contributed by atoms with E-state index in [0.717, 1.165) is 18.4 Å². The summed E-state index contributed by atoms with van der Waals surface area (Å²) in [6.45, 7) is 3.04. The number of rotatable bonds is 15. The predicted molar refractivity (Wildman–Crippen MR) is 118 cm³/mol. The fourth-order valence-corrected chi connectivity index (χ4v) is 3.41. The van der Waals surface area contributed by atoms with Crippen molar-refractivity contribution >= 4 is 15.9 Å². The van der Waals surface area contributed by atoms with E-state index in [2.05, 4.69) is 22.9 Å². The third-order valence-electron chi connectivity index (χ3n) is 4.58. The maximum absolute atomic E-state index is 5.91. The molecule has 1 aliphatic heterocycles. The SMILES string of the molecule is CCCCCCCCCCCCCC1CCC(OCCBr)O1.CN(C)C.